The molecule has 0 radical (unpaired) electrons. The number of rotatable bonds is 4. The summed E-state index contributed by atoms with van der Waals surface area (Å²) in [4.78, 5) is 21.1. The number of hydrogen-bond acceptors (Lipinski definition) is 4. The Bertz CT molecular complexity index is 687. The molecule has 5 nitrogen and oxygen atoms in total. The molecule has 1 fully saturated rings. The number of aryl methyl sites for hydroxylation is 2. The quantitative estimate of drug-likeness (QED) is 0.935. The van der Waals surface area contributed by atoms with Crippen LogP contribution in [0.1, 0.15) is 58.8 Å². The summed E-state index contributed by atoms with van der Waals surface area (Å²) in [5.74, 6) is 0.929. The molecule has 0 aromatic carbocycles. The fraction of sp³-hybridized carbons (Fsp3) is 0.438. The van der Waals surface area contributed by atoms with Crippen LogP contribution in [0.25, 0.3) is 0 Å². The fourth-order valence-electron chi connectivity index (χ4n) is 2.23. The van der Waals surface area contributed by atoms with Gasteiger partial charge in [0.05, 0.1) is 6.26 Å². The van der Waals surface area contributed by atoms with Crippen molar-refractivity contribution in [2.45, 2.75) is 46.0 Å². The van der Waals surface area contributed by atoms with Gasteiger partial charge in [-0.25, -0.2) is 9.97 Å². The van der Waals surface area contributed by atoms with E-state index in [0.717, 1.165) is 28.9 Å². The van der Waals surface area contributed by atoms with Crippen molar-refractivity contribution < 1.29 is 9.21 Å². The lowest BCUT2D eigenvalue weighted by Gasteiger charge is -2.07. The summed E-state index contributed by atoms with van der Waals surface area (Å²) in [6.45, 7) is 5.83. The zero-order valence-corrected chi connectivity index (χ0v) is 12.6. The molecule has 2 aromatic heterocycles. The van der Waals surface area contributed by atoms with Crippen molar-refractivity contribution in [1.82, 2.24) is 9.97 Å². The van der Waals surface area contributed by atoms with Crippen molar-refractivity contribution in [3.63, 3.8) is 0 Å². The van der Waals surface area contributed by atoms with Crippen LogP contribution < -0.4 is 5.32 Å². The molecule has 2 heterocycles. The number of hydrogen-bond donors (Lipinski definition) is 1. The van der Waals surface area contributed by atoms with Crippen LogP contribution in [0.5, 0.6) is 0 Å². The van der Waals surface area contributed by atoms with Crippen LogP contribution in [0.15, 0.2) is 16.7 Å². The molecule has 1 amide bonds. The first-order valence-electron chi connectivity index (χ1n) is 7.32. The third-order valence-corrected chi connectivity index (χ3v) is 3.87. The highest BCUT2D eigenvalue weighted by Crippen LogP contribution is 2.39. The van der Waals surface area contributed by atoms with Gasteiger partial charge in [0, 0.05) is 22.9 Å². The molecule has 1 aliphatic rings. The molecule has 3 rings (SSSR count). The van der Waals surface area contributed by atoms with Crippen molar-refractivity contribution in [2.75, 3.05) is 5.32 Å². The Morgan fingerprint density at radius 3 is 2.71 bits per heavy atom. The summed E-state index contributed by atoms with van der Waals surface area (Å²) < 4.78 is 5.31. The minimum Gasteiger partial charge on any atom is -0.459 e. The second-order valence-electron chi connectivity index (χ2n) is 5.56. The van der Waals surface area contributed by atoms with E-state index in [-0.39, 0.29) is 5.91 Å². The van der Waals surface area contributed by atoms with E-state index in [9.17, 15) is 4.79 Å². The Morgan fingerprint density at radius 1 is 1.38 bits per heavy atom. The van der Waals surface area contributed by atoms with Crippen molar-refractivity contribution in [3.8, 4) is 0 Å². The van der Waals surface area contributed by atoms with E-state index in [1.165, 1.54) is 12.8 Å². The van der Waals surface area contributed by atoms with Gasteiger partial charge in [0.1, 0.15) is 0 Å². The lowest BCUT2D eigenvalue weighted by molar-refractivity contribution is 0.0995. The molecule has 5 heteroatoms. The number of amides is 1. The van der Waals surface area contributed by atoms with Crippen molar-refractivity contribution >= 4 is 11.9 Å². The third-order valence-electron chi connectivity index (χ3n) is 3.87. The average Bonchev–Trinajstić information content (AvgIpc) is 3.26. The number of anilines is 1. The van der Waals surface area contributed by atoms with Gasteiger partial charge in [-0.1, -0.05) is 6.92 Å². The van der Waals surface area contributed by atoms with E-state index in [1.54, 1.807) is 6.26 Å². The fourth-order valence-corrected chi connectivity index (χ4v) is 2.23. The molecular formula is C16H19N3O2. The highest BCUT2D eigenvalue weighted by Gasteiger charge is 2.26. The second-order valence-corrected chi connectivity index (χ2v) is 5.56. The highest BCUT2D eigenvalue weighted by atomic mass is 16.3. The zero-order valence-electron chi connectivity index (χ0n) is 12.6. The molecule has 1 N–H and O–H groups in total. The van der Waals surface area contributed by atoms with Gasteiger partial charge in [0.15, 0.2) is 5.76 Å². The second kappa shape index (κ2) is 5.31. The molecule has 110 valence electrons. The number of nitrogens with zero attached hydrogens (tertiary/aromatic N) is 2. The predicted octanol–water partition coefficient (Wildman–Crippen LogP) is 3.38. The molecule has 0 spiro atoms. The van der Waals surface area contributed by atoms with Crippen LogP contribution in [-0.4, -0.2) is 15.9 Å². The number of carbonyl (C=O) groups is 1. The molecule has 21 heavy (non-hydrogen) atoms. The maximum Gasteiger partial charge on any atom is 0.293 e. The number of carbonyl (C=O) groups excluding carboxylic acids is 1. The molecule has 0 aliphatic heterocycles. The minimum absolute atomic E-state index is 0.296. The van der Waals surface area contributed by atoms with E-state index in [4.69, 9.17) is 4.42 Å². The maximum atomic E-state index is 12.3. The summed E-state index contributed by atoms with van der Waals surface area (Å²) in [6.07, 6.45) is 4.75. The Hall–Kier alpha value is -2.17. The van der Waals surface area contributed by atoms with Gasteiger partial charge in [-0.15, -0.1) is 0 Å². The largest absolute Gasteiger partial charge is 0.459 e. The number of furan rings is 1. The molecular weight excluding hydrogens is 266 g/mol. The Morgan fingerprint density at radius 2 is 2.14 bits per heavy atom. The first-order valence-corrected chi connectivity index (χ1v) is 7.32. The lowest BCUT2D eigenvalue weighted by atomic mass is 10.2. The summed E-state index contributed by atoms with van der Waals surface area (Å²) in [7, 11) is 0. The van der Waals surface area contributed by atoms with Gasteiger partial charge in [-0.3, -0.25) is 10.1 Å². The third kappa shape index (κ3) is 2.82. The van der Waals surface area contributed by atoms with Crippen molar-refractivity contribution in [3.05, 3.63) is 40.6 Å². The van der Waals surface area contributed by atoms with E-state index >= 15 is 0 Å². The number of nitrogens with one attached hydrogen (secondary N) is 1. The summed E-state index contributed by atoms with van der Waals surface area (Å²) in [5, 5.41) is 2.76. The van der Waals surface area contributed by atoms with Crippen molar-refractivity contribution in [2.24, 2.45) is 0 Å². The zero-order chi connectivity index (χ0) is 15.0. The van der Waals surface area contributed by atoms with Crippen molar-refractivity contribution in [1.29, 1.82) is 0 Å². The summed E-state index contributed by atoms with van der Waals surface area (Å²) >= 11 is 0. The van der Waals surface area contributed by atoms with Crippen LogP contribution in [0.2, 0.25) is 0 Å². The Balaban J connectivity index is 1.85. The minimum atomic E-state index is -0.296. The average molecular weight is 285 g/mol. The molecule has 0 atom stereocenters. The molecule has 0 saturated heterocycles. The number of aromatic nitrogens is 2. The molecule has 2 aromatic rings. The normalized spacial score (nSPS) is 14.2. The van der Waals surface area contributed by atoms with Crippen LogP contribution >= 0.6 is 0 Å². The molecule has 0 bridgehead atoms. The first kappa shape index (κ1) is 13.8. The van der Waals surface area contributed by atoms with E-state index in [2.05, 4.69) is 15.3 Å². The maximum absolute atomic E-state index is 12.3. The van der Waals surface area contributed by atoms with Gasteiger partial charge >= 0.3 is 0 Å². The van der Waals surface area contributed by atoms with E-state index in [0.29, 0.717) is 17.6 Å². The monoisotopic (exact) mass is 285 g/mol. The summed E-state index contributed by atoms with van der Waals surface area (Å²) in [6, 6.07) is 2.04. The van der Waals surface area contributed by atoms with E-state index < -0.39 is 0 Å². The highest BCUT2D eigenvalue weighted by molar-refractivity contribution is 6.02. The topological polar surface area (TPSA) is 68.0 Å². The lowest BCUT2D eigenvalue weighted by Crippen LogP contribution is -2.15. The van der Waals surface area contributed by atoms with Gasteiger partial charge in [-0.2, -0.15) is 0 Å². The van der Waals surface area contributed by atoms with Gasteiger partial charge in [-0.05, 0) is 44.7 Å². The van der Waals surface area contributed by atoms with E-state index in [1.807, 2.05) is 26.8 Å². The Labute approximate surface area is 123 Å². The van der Waals surface area contributed by atoms with Crippen LogP contribution in [0.4, 0.5) is 5.95 Å². The molecule has 0 unspecified atom stereocenters. The van der Waals surface area contributed by atoms with Gasteiger partial charge < -0.3 is 4.42 Å². The summed E-state index contributed by atoms with van der Waals surface area (Å²) in [5.41, 5.74) is 3.79. The standard InChI is InChI=1S/C16H19N3O2/c1-4-12-7-13(11-5-6-11)18-16(17-12)19-15(20)14-10(3)9(2)8-21-14/h7-8,11H,4-6H2,1-3H3,(H,17,18,19,20). The van der Waals surface area contributed by atoms with Gasteiger partial charge in [0.2, 0.25) is 5.95 Å². The smallest absolute Gasteiger partial charge is 0.293 e. The Kier molecular flexibility index (Phi) is 3.49. The molecule has 1 saturated carbocycles. The van der Waals surface area contributed by atoms with Crippen LogP contribution in [0.3, 0.4) is 0 Å². The first-order chi connectivity index (χ1) is 10.1. The predicted molar refractivity (Wildman–Crippen MR) is 79.5 cm³/mol. The van der Waals surface area contributed by atoms with Crippen LogP contribution in [-0.2, 0) is 6.42 Å². The van der Waals surface area contributed by atoms with Crippen LogP contribution in [0, 0.1) is 13.8 Å². The molecule has 1 aliphatic carbocycles. The van der Waals surface area contributed by atoms with Gasteiger partial charge in [0.25, 0.3) is 5.91 Å². The SMILES string of the molecule is CCc1cc(C2CC2)nc(NC(=O)c2occ(C)c2C)n1.